The Morgan fingerprint density at radius 3 is 2.67 bits per heavy atom. The number of fused-ring (bicyclic) bond motifs is 2. The molecule has 1 spiro atoms. The summed E-state index contributed by atoms with van der Waals surface area (Å²) in [4.78, 5) is 37.6. The largest absolute Gasteiger partial charge is 0.472 e. The summed E-state index contributed by atoms with van der Waals surface area (Å²) in [7, 11) is 0. The first-order chi connectivity index (χ1) is 15.6. The fourth-order valence-electron chi connectivity index (χ4n) is 6.84. The zero-order chi connectivity index (χ0) is 24.0. The molecule has 8 nitrogen and oxygen atoms in total. The number of hydrogen-bond acceptors (Lipinski definition) is 8. The van der Waals surface area contributed by atoms with Crippen molar-refractivity contribution in [3.05, 3.63) is 24.2 Å². The Balaban J connectivity index is 1.87. The normalized spacial score (nSPS) is 40.2. The van der Waals surface area contributed by atoms with Crippen molar-refractivity contribution in [1.29, 1.82) is 0 Å². The van der Waals surface area contributed by atoms with Crippen molar-refractivity contribution in [1.82, 2.24) is 0 Å². The first-order valence-corrected chi connectivity index (χ1v) is 12.0. The highest BCUT2D eigenvalue weighted by Gasteiger charge is 2.74. The molecule has 33 heavy (non-hydrogen) atoms. The van der Waals surface area contributed by atoms with Crippen LogP contribution in [0.3, 0.4) is 0 Å². The molecule has 9 heteroatoms. The molecule has 2 saturated carbocycles. The third-order valence-electron chi connectivity index (χ3n) is 8.33. The third-order valence-corrected chi connectivity index (χ3v) is 8.77. The number of alkyl halides is 1. The zero-order valence-electron chi connectivity index (χ0n) is 19.2. The second kappa shape index (κ2) is 8.62. The number of furan rings is 1. The van der Waals surface area contributed by atoms with Gasteiger partial charge in [0.1, 0.15) is 18.8 Å². The smallest absolute Gasteiger partial charge is 0.313 e. The van der Waals surface area contributed by atoms with Gasteiger partial charge in [-0.05, 0) is 37.2 Å². The van der Waals surface area contributed by atoms with E-state index in [1.165, 1.54) is 20.1 Å². The molecular formula is C24H31ClO8. The van der Waals surface area contributed by atoms with Gasteiger partial charge in [-0.15, -0.1) is 11.6 Å². The number of ether oxygens (including phenoxy) is 3. The summed E-state index contributed by atoms with van der Waals surface area (Å²) >= 11 is 6.37. The topological polar surface area (TPSA) is 112 Å². The average Bonchev–Trinajstić information content (AvgIpc) is 3.39. The molecule has 0 amide bonds. The van der Waals surface area contributed by atoms with Gasteiger partial charge in [0.25, 0.3) is 0 Å². The van der Waals surface area contributed by atoms with Crippen molar-refractivity contribution in [2.75, 3.05) is 12.5 Å². The lowest BCUT2D eigenvalue weighted by atomic mass is 9.42. The Bertz CT molecular complexity index is 916. The van der Waals surface area contributed by atoms with Gasteiger partial charge < -0.3 is 23.7 Å². The molecule has 1 aromatic rings. The van der Waals surface area contributed by atoms with Crippen LogP contribution in [0.2, 0.25) is 0 Å². The average molecular weight is 483 g/mol. The van der Waals surface area contributed by atoms with Crippen LogP contribution in [0, 0.1) is 22.7 Å². The minimum atomic E-state index is -1.51. The predicted octanol–water partition coefficient (Wildman–Crippen LogP) is 3.55. The fraction of sp³-hybridized carbons (Fsp3) is 0.708. The molecular weight excluding hydrogens is 452 g/mol. The summed E-state index contributed by atoms with van der Waals surface area (Å²) in [6.07, 6.45) is 4.09. The lowest BCUT2D eigenvalue weighted by Gasteiger charge is -2.64. The Morgan fingerprint density at radius 2 is 2.06 bits per heavy atom. The van der Waals surface area contributed by atoms with Gasteiger partial charge in [0.05, 0.1) is 34.8 Å². The minimum Gasteiger partial charge on any atom is -0.472 e. The van der Waals surface area contributed by atoms with E-state index < -0.39 is 46.5 Å². The van der Waals surface area contributed by atoms with Gasteiger partial charge in [0.2, 0.25) is 0 Å². The molecule has 1 saturated heterocycles. The van der Waals surface area contributed by atoms with Crippen molar-refractivity contribution < 1.29 is 38.1 Å². The van der Waals surface area contributed by atoms with Crippen LogP contribution in [0.1, 0.15) is 64.5 Å². The van der Waals surface area contributed by atoms with Crippen molar-refractivity contribution >= 4 is 29.5 Å². The lowest BCUT2D eigenvalue weighted by molar-refractivity contribution is -0.265. The van der Waals surface area contributed by atoms with Gasteiger partial charge in [-0.1, -0.05) is 13.3 Å². The second-order valence-corrected chi connectivity index (χ2v) is 10.1. The van der Waals surface area contributed by atoms with E-state index in [1.807, 2.05) is 6.92 Å². The molecule has 0 radical (unpaired) electrons. The van der Waals surface area contributed by atoms with Crippen LogP contribution in [0.25, 0.3) is 0 Å². The Kier molecular flexibility index (Phi) is 6.29. The molecule has 2 heterocycles. The predicted molar refractivity (Wildman–Crippen MR) is 116 cm³/mol. The Labute approximate surface area is 197 Å². The van der Waals surface area contributed by atoms with Crippen LogP contribution < -0.4 is 0 Å². The van der Waals surface area contributed by atoms with Crippen LogP contribution in [-0.2, 0) is 28.6 Å². The molecule has 3 fully saturated rings. The first-order valence-electron chi connectivity index (χ1n) is 11.4. The van der Waals surface area contributed by atoms with Crippen LogP contribution in [0.5, 0.6) is 0 Å². The number of rotatable bonds is 5. The van der Waals surface area contributed by atoms with Gasteiger partial charge in [-0.25, -0.2) is 0 Å². The molecule has 7 atom stereocenters. The van der Waals surface area contributed by atoms with Gasteiger partial charge in [0, 0.05) is 25.8 Å². The highest BCUT2D eigenvalue weighted by molar-refractivity contribution is 6.18. The van der Waals surface area contributed by atoms with E-state index >= 15 is 0 Å². The van der Waals surface area contributed by atoms with Gasteiger partial charge >= 0.3 is 17.9 Å². The van der Waals surface area contributed by atoms with E-state index in [-0.39, 0.29) is 24.4 Å². The molecule has 3 aliphatic rings. The van der Waals surface area contributed by atoms with Crippen LogP contribution in [-0.4, -0.2) is 47.2 Å². The summed E-state index contributed by atoms with van der Waals surface area (Å²) < 4.78 is 22.4. The van der Waals surface area contributed by atoms with E-state index in [4.69, 9.17) is 30.2 Å². The first kappa shape index (κ1) is 24.1. The molecule has 2 aliphatic carbocycles. The van der Waals surface area contributed by atoms with Crippen molar-refractivity contribution in [2.24, 2.45) is 22.7 Å². The summed E-state index contributed by atoms with van der Waals surface area (Å²) in [6.45, 7) is 4.35. The minimum absolute atomic E-state index is 0.146. The van der Waals surface area contributed by atoms with Gasteiger partial charge in [0.15, 0.2) is 0 Å². The number of carbonyl (C=O) groups excluding carboxylic acids is 3. The maximum absolute atomic E-state index is 13.6. The van der Waals surface area contributed by atoms with Crippen molar-refractivity contribution in [2.45, 2.75) is 70.7 Å². The van der Waals surface area contributed by atoms with E-state index in [9.17, 15) is 19.5 Å². The van der Waals surface area contributed by atoms with Gasteiger partial charge in [-0.3, -0.25) is 14.4 Å². The number of aliphatic hydroxyl groups is 1. The van der Waals surface area contributed by atoms with Crippen molar-refractivity contribution in [3.63, 3.8) is 0 Å². The van der Waals surface area contributed by atoms with Crippen LogP contribution >= 0.6 is 11.6 Å². The highest BCUT2D eigenvalue weighted by Crippen LogP contribution is 2.68. The molecule has 0 aromatic carbocycles. The second-order valence-electron chi connectivity index (χ2n) is 9.86. The number of hydrogen-bond donors (Lipinski definition) is 1. The number of esters is 3. The summed E-state index contributed by atoms with van der Waals surface area (Å²) in [6, 6.07) is 1.77. The third kappa shape index (κ3) is 3.57. The maximum atomic E-state index is 13.6. The maximum Gasteiger partial charge on any atom is 0.313 e. The van der Waals surface area contributed by atoms with E-state index in [2.05, 4.69) is 0 Å². The summed E-state index contributed by atoms with van der Waals surface area (Å²) in [5.74, 6) is -2.20. The molecule has 182 valence electrons. The standard InChI is InChI=1S/C24H31ClO8/c1-14-9-20(32-16(3)27)24(13-31-15(2)26)19(5-4-7-22(24,29)12-25)23(14)10-18(33-21(23)28)17-6-8-30-11-17/h6,8,11,14,18-20,29H,4-5,7,9-10,12-13H2,1-3H3/t14-,18-,19-,20+,22+,23-,24+/m1/s1. The molecule has 0 bridgehead atoms. The monoisotopic (exact) mass is 482 g/mol. The van der Waals surface area contributed by atoms with Crippen LogP contribution in [0.15, 0.2) is 23.0 Å². The lowest BCUT2D eigenvalue weighted by Crippen LogP contribution is -2.72. The summed E-state index contributed by atoms with van der Waals surface area (Å²) in [5, 5.41) is 11.9. The van der Waals surface area contributed by atoms with Gasteiger partial charge in [-0.2, -0.15) is 0 Å². The SMILES string of the molecule is CC(=O)OC[C@@]12[C@@H](OC(C)=O)C[C@@H](C)[C@]3(C[C@H](c4ccoc4)OC3=O)[C@H]1CCC[C@]2(O)CCl. The number of carbonyl (C=O) groups is 3. The molecule has 0 unspecified atom stereocenters. The Hall–Kier alpha value is -2.06. The van der Waals surface area contributed by atoms with Crippen molar-refractivity contribution in [3.8, 4) is 0 Å². The molecule has 1 aromatic heterocycles. The van der Waals surface area contributed by atoms with E-state index in [1.54, 1.807) is 12.3 Å². The zero-order valence-corrected chi connectivity index (χ0v) is 19.9. The molecule has 1 aliphatic heterocycles. The number of halogens is 1. The fourth-order valence-corrected chi connectivity index (χ4v) is 7.22. The quantitative estimate of drug-likeness (QED) is 0.385. The summed E-state index contributed by atoms with van der Waals surface area (Å²) in [5.41, 5.74) is -2.95. The van der Waals surface area contributed by atoms with Crippen LogP contribution in [0.4, 0.5) is 0 Å². The number of cyclic esters (lactones) is 1. The molecule has 4 rings (SSSR count). The highest BCUT2D eigenvalue weighted by atomic mass is 35.5. The van der Waals surface area contributed by atoms with E-state index in [0.717, 1.165) is 5.56 Å². The van der Waals surface area contributed by atoms with E-state index in [0.29, 0.717) is 32.1 Å². The Morgan fingerprint density at radius 1 is 1.30 bits per heavy atom. The molecule has 1 N–H and O–H groups in total.